The highest BCUT2D eigenvalue weighted by molar-refractivity contribution is 7.89. The standard InChI is InChI=1S/C17H18N2O5S/c1-17(2,21)10-9-13-5-8-15(24-13)16(20)19-11-12-3-6-14(7-4-12)25(18,22)23/h3-8,21H,11H2,1-2H3,(H,19,20)(H2,18,22,23). The molecule has 0 fully saturated rings. The summed E-state index contributed by atoms with van der Waals surface area (Å²) in [5.74, 6) is 5.14. The number of amides is 1. The number of benzene rings is 1. The van der Waals surface area contributed by atoms with Gasteiger partial charge in [0.25, 0.3) is 5.91 Å². The van der Waals surface area contributed by atoms with Gasteiger partial charge in [-0.1, -0.05) is 18.1 Å². The van der Waals surface area contributed by atoms with Crippen LogP contribution in [-0.2, 0) is 16.6 Å². The highest BCUT2D eigenvalue weighted by Gasteiger charge is 2.12. The van der Waals surface area contributed by atoms with E-state index in [1.165, 1.54) is 38.1 Å². The summed E-state index contributed by atoms with van der Waals surface area (Å²) >= 11 is 0. The molecule has 0 aliphatic heterocycles. The number of nitrogens with two attached hydrogens (primary N) is 1. The quantitative estimate of drug-likeness (QED) is 0.700. The summed E-state index contributed by atoms with van der Waals surface area (Å²) < 4.78 is 27.7. The van der Waals surface area contributed by atoms with Crippen LogP contribution in [0.2, 0.25) is 0 Å². The second-order valence-corrected chi connectivity index (χ2v) is 7.41. The molecule has 0 atom stereocenters. The molecule has 0 unspecified atom stereocenters. The van der Waals surface area contributed by atoms with Crippen LogP contribution >= 0.6 is 0 Å². The number of aliphatic hydroxyl groups is 1. The average molecular weight is 362 g/mol. The minimum Gasteiger partial charge on any atom is -0.443 e. The van der Waals surface area contributed by atoms with E-state index in [4.69, 9.17) is 9.56 Å². The summed E-state index contributed by atoms with van der Waals surface area (Å²) in [5.41, 5.74) is -0.451. The SMILES string of the molecule is CC(C)(O)C#Cc1ccc(C(=O)NCc2ccc(S(N)(=O)=O)cc2)o1. The Hall–Kier alpha value is -2.60. The molecule has 1 aromatic heterocycles. The fraction of sp³-hybridized carbons (Fsp3) is 0.235. The van der Waals surface area contributed by atoms with Crippen LogP contribution in [0.5, 0.6) is 0 Å². The van der Waals surface area contributed by atoms with E-state index in [0.717, 1.165) is 0 Å². The predicted molar refractivity (Wildman–Crippen MR) is 90.9 cm³/mol. The number of carbonyl (C=O) groups is 1. The van der Waals surface area contributed by atoms with Gasteiger partial charge in [0.05, 0.1) is 4.90 Å². The Morgan fingerprint density at radius 2 is 1.88 bits per heavy atom. The Morgan fingerprint density at radius 3 is 2.44 bits per heavy atom. The van der Waals surface area contributed by atoms with Gasteiger partial charge in [-0.2, -0.15) is 0 Å². The highest BCUT2D eigenvalue weighted by atomic mass is 32.2. The molecule has 132 valence electrons. The van der Waals surface area contributed by atoms with Gasteiger partial charge in [-0.05, 0) is 49.6 Å². The Labute approximate surface area is 145 Å². The van der Waals surface area contributed by atoms with E-state index in [-0.39, 0.29) is 23.0 Å². The molecule has 0 spiro atoms. The largest absolute Gasteiger partial charge is 0.443 e. The second kappa shape index (κ2) is 7.11. The average Bonchev–Trinajstić information content (AvgIpc) is 2.98. The van der Waals surface area contributed by atoms with Crippen molar-refractivity contribution >= 4 is 15.9 Å². The van der Waals surface area contributed by atoms with Crippen LogP contribution in [0.1, 0.15) is 35.7 Å². The fourth-order valence-electron chi connectivity index (χ4n) is 1.81. The minimum absolute atomic E-state index is 0.00337. The van der Waals surface area contributed by atoms with Gasteiger partial charge in [0.2, 0.25) is 10.0 Å². The van der Waals surface area contributed by atoms with Gasteiger partial charge >= 0.3 is 0 Å². The van der Waals surface area contributed by atoms with Crippen molar-refractivity contribution in [2.75, 3.05) is 0 Å². The molecule has 0 bridgehead atoms. The van der Waals surface area contributed by atoms with E-state index in [2.05, 4.69) is 17.2 Å². The smallest absolute Gasteiger partial charge is 0.287 e. The van der Waals surface area contributed by atoms with Crippen LogP contribution < -0.4 is 10.5 Å². The minimum atomic E-state index is -3.74. The molecule has 1 heterocycles. The number of hydrogen-bond donors (Lipinski definition) is 3. The first-order valence-corrected chi connectivity index (χ1v) is 8.84. The Kier molecular flexibility index (Phi) is 5.33. The first kappa shape index (κ1) is 18.7. The normalized spacial score (nSPS) is 11.5. The molecule has 0 aliphatic carbocycles. The zero-order chi connectivity index (χ0) is 18.7. The zero-order valence-electron chi connectivity index (χ0n) is 13.7. The van der Waals surface area contributed by atoms with E-state index in [1.54, 1.807) is 12.1 Å². The van der Waals surface area contributed by atoms with Crippen molar-refractivity contribution in [3.05, 3.63) is 53.5 Å². The first-order chi connectivity index (χ1) is 11.5. The molecule has 25 heavy (non-hydrogen) atoms. The molecular formula is C17H18N2O5S. The molecule has 1 amide bonds. The lowest BCUT2D eigenvalue weighted by atomic mass is 10.1. The number of carbonyl (C=O) groups excluding carboxylic acids is 1. The number of sulfonamides is 1. The lowest BCUT2D eigenvalue weighted by Gasteiger charge is -2.05. The third kappa shape index (κ3) is 5.76. The molecule has 7 nitrogen and oxygen atoms in total. The Bertz CT molecular complexity index is 926. The number of nitrogens with one attached hydrogen (secondary N) is 1. The van der Waals surface area contributed by atoms with Gasteiger partial charge in [-0.3, -0.25) is 4.79 Å². The Morgan fingerprint density at radius 1 is 1.24 bits per heavy atom. The molecule has 1 aromatic carbocycles. The van der Waals surface area contributed by atoms with Crippen molar-refractivity contribution in [1.29, 1.82) is 0 Å². The third-order valence-electron chi connectivity index (χ3n) is 3.03. The molecule has 0 saturated carbocycles. The van der Waals surface area contributed by atoms with E-state index >= 15 is 0 Å². The fourth-order valence-corrected chi connectivity index (χ4v) is 2.32. The summed E-state index contributed by atoms with van der Waals surface area (Å²) in [6.07, 6.45) is 0. The van der Waals surface area contributed by atoms with Crippen molar-refractivity contribution in [3.63, 3.8) is 0 Å². The second-order valence-electron chi connectivity index (χ2n) is 5.84. The number of primary sulfonamides is 1. The van der Waals surface area contributed by atoms with Crippen molar-refractivity contribution in [3.8, 4) is 11.8 Å². The van der Waals surface area contributed by atoms with Gasteiger partial charge in [-0.25, -0.2) is 13.6 Å². The van der Waals surface area contributed by atoms with Gasteiger partial charge in [0.15, 0.2) is 11.5 Å². The van der Waals surface area contributed by atoms with E-state index < -0.39 is 21.5 Å². The molecule has 8 heteroatoms. The van der Waals surface area contributed by atoms with Crippen LogP contribution in [0.3, 0.4) is 0 Å². The summed E-state index contributed by atoms with van der Waals surface area (Å²) in [4.78, 5) is 12.0. The van der Waals surface area contributed by atoms with E-state index in [1.807, 2.05) is 0 Å². The first-order valence-electron chi connectivity index (χ1n) is 7.30. The molecule has 0 aliphatic rings. The maximum atomic E-state index is 12.0. The zero-order valence-corrected chi connectivity index (χ0v) is 14.6. The monoisotopic (exact) mass is 362 g/mol. The number of furan rings is 1. The summed E-state index contributed by atoms with van der Waals surface area (Å²) in [7, 11) is -3.74. The Balaban J connectivity index is 1.99. The van der Waals surface area contributed by atoms with E-state index in [0.29, 0.717) is 5.56 Å². The van der Waals surface area contributed by atoms with Gasteiger partial charge in [0, 0.05) is 6.54 Å². The summed E-state index contributed by atoms with van der Waals surface area (Å²) in [6.45, 7) is 3.27. The highest BCUT2D eigenvalue weighted by Crippen LogP contribution is 2.10. The van der Waals surface area contributed by atoms with Crippen molar-refractivity contribution in [2.45, 2.75) is 30.9 Å². The van der Waals surface area contributed by atoms with Crippen LogP contribution in [0.25, 0.3) is 0 Å². The maximum absolute atomic E-state index is 12.0. The summed E-state index contributed by atoms with van der Waals surface area (Å²) in [6, 6.07) is 8.87. The summed E-state index contributed by atoms with van der Waals surface area (Å²) in [5, 5.41) is 17.2. The lowest BCUT2D eigenvalue weighted by Crippen LogP contribution is -2.22. The van der Waals surface area contributed by atoms with Crippen LogP contribution in [-0.4, -0.2) is 25.0 Å². The maximum Gasteiger partial charge on any atom is 0.287 e. The van der Waals surface area contributed by atoms with Gasteiger partial charge in [-0.15, -0.1) is 0 Å². The molecule has 0 saturated heterocycles. The van der Waals surface area contributed by atoms with Crippen LogP contribution in [0.15, 0.2) is 45.7 Å². The van der Waals surface area contributed by atoms with Crippen LogP contribution in [0.4, 0.5) is 0 Å². The van der Waals surface area contributed by atoms with Gasteiger partial charge in [0.1, 0.15) is 5.60 Å². The third-order valence-corrected chi connectivity index (χ3v) is 3.96. The van der Waals surface area contributed by atoms with Gasteiger partial charge < -0.3 is 14.8 Å². The van der Waals surface area contributed by atoms with Crippen molar-refractivity contribution < 1.29 is 22.7 Å². The van der Waals surface area contributed by atoms with Crippen LogP contribution in [0, 0.1) is 11.8 Å². The number of rotatable bonds is 4. The predicted octanol–water partition coefficient (Wildman–Crippen LogP) is 0.979. The van der Waals surface area contributed by atoms with Crippen molar-refractivity contribution in [2.24, 2.45) is 5.14 Å². The molecule has 2 aromatic rings. The molecule has 2 rings (SSSR count). The topological polar surface area (TPSA) is 123 Å². The van der Waals surface area contributed by atoms with Crippen molar-refractivity contribution in [1.82, 2.24) is 5.32 Å². The molecule has 0 radical (unpaired) electrons. The van der Waals surface area contributed by atoms with E-state index in [9.17, 15) is 18.3 Å². The molecule has 4 N–H and O–H groups in total. The number of hydrogen-bond acceptors (Lipinski definition) is 5. The lowest BCUT2D eigenvalue weighted by molar-refractivity contribution is 0.0922. The molecular weight excluding hydrogens is 344 g/mol.